The molecule has 0 radical (unpaired) electrons. The van der Waals surface area contributed by atoms with Crippen LogP contribution >= 0.6 is 23.2 Å². The normalized spacial score (nSPS) is 23.6. The molecule has 0 saturated heterocycles. The summed E-state index contributed by atoms with van der Waals surface area (Å²) in [7, 11) is 0. The highest BCUT2D eigenvalue weighted by atomic mass is 35.5. The molecule has 1 aliphatic carbocycles. The van der Waals surface area contributed by atoms with Crippen LogP contribution in [0.5, 0.6) is 0 Å². The molecule has 4 heteroatoms. The molecule has 96 valence electrons. The summed E-state index contributed by atoms with van der Waals surface area (Å²) in [5.74, 6) is 0. The molecule has 18 heavy (non-hydrogen) atoms. The van der Waals surface area contributed by atoms with Crippen LogP contribution in [-0.4, -0.2) is 11.3 Å². The van der Waals surface area contributed by atoms with Gasteiger partial charge in [0.2, 0.25) is 6.43 Å². The maximum Gasteiger partial charge on any atom is 0.250 e. The van der Waals surface area contributed by atoms with Crippen LogP contribution in [0.1, 0.15) is 12.0 Å². The van der Waals surface area contributed by atoms with Crippen molar-refractivity contribution in [2.45, 2.75) is 17.7 Å². The Labute approximate surface area is 115 Å². The number of hydrogen-bond acceptors (Lipinski definition) is 0. The molecule has 0 fully saturated rings. The number of hydrogen-bond donors (Lipinski definition) is 0. The van der Waals surface area contributed by atoms with Crippen LogP contribution in [0, 0.1) is 5.41 Å². The zero-order valence-corrected chi connectivity index (χ0v) is 11.0. The second kappa shape index (κ2) is 5.41. The van der Waals surface area contributed by atoms with E-state index in [1.807, 2.05) is 30.3 Å². The fraction of sp³-hybridized carbons (Fsp3) is 0.286. The van der Waals surface area contributed by atoms with E-state index in [-0.39, 0.29) is 6.42 Å². The molecule has 0 aliphatic heterocycles. The number of benzene rings is 1. The van der Waals surface area contributed by atoms with E-state index in [4.69, 9.17) is 23.2 Å². The summed E-state index contributed by atoms with van der Waals surface area (Å²) in [5, 5.41) is 0. The number of rotatable bonds is 3. The third kappa shape index (κ3) is 2.45. The van der Waals surface area contributed by atoms with Crippen molar-refractivity contribution in [2.75, 3.05) is 0 Å². The van der Waals surface area contributed by atoms with E-state index < -0.39 is 16.7 Å². The van der Waals surface area contributed by atoms with Crippen molar-refractivity contribution < 1.29 is 8.78 Å². The summed E-state index contributed by atoms with van der Waals surface area (Å²) in [6, 6.07) is 9.60. The lowest BCUT2D eigenvalue weighted by Gasteiger charge is -2.32. The average molecular weight is 289 g/mol. The van der Waals surface area contributed by atoms with Crippen LogP contribution in [0.2, 0.25) is 0 Å². The van der Waals surface area contributed by atoms with Gasteiger partial charge in [-0.05, 0) is 17.6 Å². The van der Waals surface area contributed by atoms with Gasteiger partial charge in [0.05, 0.1) is 5.41 Å². The zero-order valence-electron chi connectivity index (χ0n) is 9.49. The molecule has 0 spiro atoms. The van der Waals surface area contributed by atoms with E-state index in [9.17, 15) is 8.78 Å². The van der Waals surface area contributed by atoms with Crippen LogP contribution < -0.4 is 0 Å². The van der Waals surface area contributed by atoms with Crippen LogP contribution in [0.3, 0.4) is 0 Å². The molecule has 1 aromatic rings. The second-order valence-corrected chi connectivity index (χ2v) is 5.37. The standard InChI is InChI=1S/C14H12Cl2F2/c15-12(16)14(13(17)18)8-6-11(7-9-14)10-4-2-1-3-5-10/h1-8,12-13H,9H2. The third-order valence-corrected chi connectivity index (χ3v) is 3.98. The SMILES string of the molecule is FC(F)C1(C(Cl)Cl)C=CC(c2ccccc2)=CC1. The smallest absolute Gasteiger partial charge is 0.209 e. The van der Waals surface area contributed by atoms with Gasteiger partial charge in [0.1, 0.15) is 4.84 Å². The Bertz CT molecular complexity index is 456. The van der Waals surface area contributed by atoms with Crippen molar-refractivity contribution in [3.8, 4) is 0 Å². The first kappa shape index (κ1) is 13.6. The van der Waals surface area contributed by atoms with Crippen molar-refractivity contribution in [2.24, 2.45) is 5.41 Å². The fourth-order valence-corrected chi connectivity index (χ4v) is 2.45. The van der Waals surface area contributed by atoms with Gasteiger partial charge in [0.25, 0.3) is 0 Å². The van der Waals surface area contributed by atoms with Gasteiger partial charge in [-0.1, -0.05) is 48.6 Å². The highest BCUT2D eigenvalue weighted by Crippen LogP contribution is 2.44. The Balaban J connectivity index is 2.26. The lowest BCUT2D eigenvalue weighted by atomic mass is 9.80. The Kier molecular flexibility index (Phi) is 4.08. The van der Waals surface area contributed by atoms with Crippen molar-refractivity contribution in [3.63, 3.8) is 0 Å². The van der Waals surface area contributed by atoms with Gasteiger partial charge in [-0.2, -0.15) is 0 Å². The summed E-state index contributed by atoms with van der Waals surface area (Å²) in [5.41, 5.74) is 0.444. The van der Waals surface area contributed by atoms with Crippen molar-refractivity contribution in [1.82, 2.24) is 0 Å². The summed E-state index contributed by atoms with van der Waals surface area (Å²) in [6.45, 7) is 0. The molecule has 1 aliphatic rings. The van der Waals surface area contributed by atoms with Gasteiger partial charge in [-0.15, -0.1) is 23.2 Å². The molecule has 0 nitrogen and oxygen atoms in total. The summed E-state index contributed by atoms with van der Waals surface area (Å²) in [6.07, 6.45) is 2.43. The first-order chi connectivity index (χ1) is 8.56. The molecule has 0 heterocycles. The van der Waals surface area contributed by atoms with Gasteiger partial charge in [0, 0.05) is 0 Å². The maximum absolute atomic E-state index is 13.1. The number of alkyl halides is 4. The molecule has 2 rings (SSSR count). The molecule has 0 bridgehead atoms. The van der Waals surface area contributed by atoms with Gasteiger partial charge < -0.3 is 0 Å². The van der Waals surface area contributed by atoms with E-state index in [0.29, 0.717) is 0 Å². The van der Waals surface area contributed by atoms with Crippen LogP contribution in [0.4, 0.5) is 8.78 Å². The predicted octanol–water partition coefficient (Wildman–Crippen LogP) is 5.09. The van der Waals surface area contributed by atoms with E-state index in [1.54, 1.807) is 12.2 Å². The first-order valence-corrected chi connectivity index (χ1v) is 6.44. The minimum Gasteiger partial charge on any atom is -0.209 e. The Morgan fingerprint density at radius 3 is 2.22 bits per heavy atom. The Morgan fingerprint density at radius 2 is 1.78 bits per heavy atom. The Hall–Kier alpha value is -0.860. The largest absolute Gasteiger partial charge is 0.250 e. The molecule has 0 aromatic heterocycles. The van der Waals surface area contributed by atoms with Crippen molar-refractivity contribution in [1.29, 1.82) is 0 Å². The van der Waals surface area contributed by atoms with Gasteiger partial charge in [-0.3, -0.25) is 0 Å². The molecular weight excluding hydrogens is 277 g/mol. The molecular formula is C14H12Cl2F2. The fourth-order valence-electron chi connectivity index (χ4n) is 1.93. The minimum absolute atomic E-state index is 0.142. The van der Waals surface area contributed by atoms with Crippen molar-refractivity contribution >= 4 is 28.8 Å². The van der Waals surface area contributed by atoms with E-state index in [0.717, 1.165) is 11.1 Å². The molecule has 0 N–H and O–H groups in total. The molecule has 0 amide bonds. The second-order valence-electron chi connectivity index (χ2n) is 4.28. The van der Waals surface area contributed by atoms with E-state index in [1.165, 1.54) is 6.08 Å². The van der Waals surface area contributed by atoms with Crippen LogP contribution in [-0.2, 0) is 0 Å². The minimum atomic E-state index is -2.58. The monoisotopic (exact) mass is 288 g/mol. The Morgan fingerprint density at radius 1 is 1.11 bits per heavy atom. The van der Waals surface area contributed by atoms with Crippen LogP contribution in [0.15, 0.2) is 48.6 Å². The maximum atomic E-state index is 13.1. The van der Waals surface area contributed by atoms with Gasteiger partial charge in [-0.25, -0.2) is 8.78 Å². The molecule has 1 atom stereocenters. The third-order valence-electron chi connectivity index (χ3n) is 3.17. The molecule has 1 aromatic carbocycles. The summed E-state index contributed by atoms with van der Waals surface area (Å²) >= 11 is 11.4. The quantitative estimate of drug-likeness (QED) is 0.680. The zero-order chi connectivity index (χ0) is 13.2. The van der Waals surface area contributed by atoms with Crippen molar-refractivity contribution in [3.05, 3.63) is 54.1 Å². The topological polar surface area (TPSA) is 0 Å². The average Bonchev–Trinajstić information content (AvgIpc) is 2.39. The van der Waals surface area contributed by atoms with Gasteiger partial charge >= 0.3 is 0 Å². The highest BCUT2D eigenvalue weighted by molar-refractivity contribution is 6.45. The first-order valence-electron chi connectivity index (χ1n) is 5.57. The molecule has 1 unspecified atom stereocenters. The van der Waals surface area contributed by atoms with Gasteiger partial charge in [0.15, 0.2) is 0 Å². The highest BCUT2D eigenvalue weighted by Gasteiger charge is 2.43. The predicted molar refractivity (Wildman–Crippen MR) is 72.1 cm³/mol. The van der Waals surface area contributed by atoms with Crippen LogP contribution in [0.25, 0.3) is 5.57 Å². The summed E-state index contributed by atoms with van der Waals surface area (Å²) in [4.78, 5) is -1.12. The van der Waals surface area contributed by atoms with E-state index >= 15 is 0 Å². The lowest BCUT2D eigenvalue weighted by Crippen LogP contribution is -2.34. The lowest BCUT2D eigenvalue weighted by molar-refractivity contribution is 0.0372. The molecule has 0 saturated carbocycles. The number of halogens is 4. The summed E-state index contributed by atoms with van der Waals surface area (Å²) < 4.78 is 26.2. The number of allylic oxidation sites excluding steroid dienone is 4. The van der Waals surface area contributed by atoms with E-state index in [2.05, 4.69) is 0 Å².